The van der Waals surface area contributed by atoms with E-state index in [-0.39, 0.29) is 4.70 Å². The Morgan fingerprint density at radius 3 is 2.59 bits per heavy atom. The molecule has 0 spiro atoms. The zero-order valence-electron chi connectivity index (χ0n) is 11.2. The number of benzene rings is 1. The summed E-state index contributed by atoms with van der Waals surface area (Å²) in [5.74, 6) is 0. The van der Waals surface area contributed by atoms with Gasteiger partial charge in [-0.15, -0.1) is 0 Å². The Morgan fingerprint density at radius 2 is 1.94 bits per heavy atom. The van der Waals surface area contributed by atoms with E-state index in [0.717, 1.165) is 6.54 Å². The quantitative estimate of drug-likeness (QED) is 0.579. The van der Waals surface area contributed by atoms with Gasteiger partial charge in [-0.1, -0.05) is 38.8 Å². The second-order valence-electron chi connectivity index (χ2n) is 4.20. The van der Waals surface area contributed by atoms with Gasteiger partial charge in [-0.25, -0.2) is 5.43 Å². The predicted octanol–water partition coefficient (Wildman–Crippen LogP) is 3.53. The Bertz CT molecular complexity index is 302. The topological polar surface area (TPSA) is 15.3 Å². The van der Waals surface area contributed by atoms with Crippen LogP contribution in [0.4, 0.5) is 10.4 Å². The number of nitrogens with zero attached hydrogens (tertiary/aromatic N) is 1. The van der Waals surface area contributed by atoms with Crippen LogP contribution < -0.4 is 10.4 Å². The van der Waals surface area contributed by atoms with Gasteiger partial charge in [0, 0.05) is 13.6 Å². The zero-order valence-corrected chi connectivity index (χ0v) is 11.2. The first kappa shape index (κ1) is 15.9. The van der Waals surface area contributed by atoms with Crippen molar-refractivity contribution in [1.82, 2.24) is 5.43 Å². The Morgan fingerprint density at radius 1 is 1.18 bits per heavy atom. The fourth-order valence-electron chi connectivity index (χ4n) is 1.83. The Hall–Kier alpha value is -1.09. The van der Waals surface area contributed by atoms with E-state index in [1.165, 1.54) is 36.9 Å². The highest BCUT2D eigenvalue weighted by atomic mass is 19.0. The van der Waals surface area contributed by atoms with Crippen molar-refractivity contribution in [3.8, 4) is 0 Å². The first-order valence-corrected chi connectivity index (χ1v) is 6.34. The molecule has 0 aliphatic rings. The minimum atomic E-state index is 0. The standard InChI is InChI=1S/C14H24N2.FH/c1-4-6-7-9-13-10-8-11-14(12-13)16(3)15-5-2;/h8,10-12,15H,4-7,9H2,1-3H3;1H. The molecule has 0 aromatic heterocycles. The van der Waals surface area contributed by atoms with E-state index in [1.54, 1.807) is 0 Å². The average molecular weight is 240 g/mol. The Kier molecular flexibility index (Phi) is 8.42. The lowest BCUT2D eigenvalue weighted by atomic mass is 10.1. The minimum absolute atomic E-state index is 0. The van der Waals surface area contributed by atoms with Crippen molar-refractivity contribution in [1.29, 1.82) is 0 Å². The van der Waals surface area contributed by atoms with E-state index in [9.17, 15) is 0 Å². The summed E-state index contributed by atoms with van der Waals surface area (Å²) < 4.78 is 0. The molecule has 0 saturated carbocycles. The number of hydrogen-bond donors (Lipinski definition) is 1. The fraction of sp³-hybridized carbons (Fsp3) is 0.571. The summed E-state index contributed by atoms with van der Waals surface area (Å²) in [5.41, 5.74) is 5.98. The van der Waals surface area contributed by atoms with E-state index in [1.807, 2.05) is 0 Å². The first-order chi connectivity index (χ1) is 7.77. The van der Waals surface area contributed by atoms with Gasteiger partial charge in [0.15, 0.2) is 0 Å². The van der Waals surface area contributed by atoms with Crippen molar-refractivity contribution in [2.45, 2.75) is 39.5 Å². The highest BCUT2D eigenvalue weighted by Crippen LogP contribution is 2.15. The third-order valence-corrected chi connectivity index (χ3v) is 2.76. The molecule has 0 unspecified atom stereocenters. The lowest BCUT2D eigenvalue weighted by Crippen LogP contribution is -2.33. The molecular formula is C14H25FN2. The van der Waals surface area contributed by atoms with Gasteiger partial charge in [0.2, 0.25) is 0 Å². The van der Waals surface area contributed by atoms with Crippen molar-refractivity contribution in [2.75, 3.05) is 18.6 Å². The molecule has 0 aliphatic heterocycles. The molecule has 0 saturated heterocycles. The lowest BCUT2D eigenvalue weighted by Gasteiger charge is -2.20. The van der Waals surface area contributed by atoms with Crippen LogP contribution in [-0.2, 0) is 6.42 Å². The van der Waals surface area contributed by atoms with E-state index < -0.39 is 0 Å². The van der Waals surface area contributed by atoms with E-state index in [2.05, 4.69) is 55.6 Å². The van der Waals surface area contributed by atoms with Gasteiger partial charge in [0.25, 0.3) is 0 Å². The Labute approximate surface area is 104 Å². The molecular weight excluding hydrogens is 215 g/mol. The molecule has 0 fully saturated rings. The van der Waals surface area contributed by atoms with Gasteiger partial charge in [0.1, 0.15) is 0 Å². The second-order valence-corrected chi connectivity index (χ2v) is 4.20. The summed E-state index contributed by atoms with van der Waals surface area (Å²) in [7, 11) is 2.06. The molecule has 1 aromatic carbocycles. The Balaban J connectivity index is 0.00000256. The van der Waals surface area contributed by atoms with Crippen LogP contribution in [0, 0.1) is 0 Å². The molecule has 0 heterocycles. The molecule has 0 aliphatic carbocycles. The molecule has 98 valence electrons. The molecule has 1 aromatic rings. The smallest absolute Gasteiger partial charge is 0.0519 e. The van der Waals surface area contributed by atoms with Crippen LogP contribution in [0.3, 0.4) is 0 Å². The monoisotopic (exact) mass is 240 g/mol. The summed E-state index contributed by atoms with van der Waals surface area (Å²) in [4.78, 5) is 0. The average Bonchev–Trinajstić information content (AvgIpc) is 2.30. The third-order valence-electron chi connectivity index (χ3n) is 2.76. The maximum atomic E-state index is 3.29. The number of aryl methyl sites for hydroxylation is 1. The lowest BCUT2D eigenvalue weighted by molar-refractivity contribution is 0.704. The van der Waals surface area contributed by atoms with Crippen molar-refractivity contribution >= 4 is 5.69 Å². The summed E-state index contributed by atoms with van der Waals surface area (Å²) >= 11 is 0. The van der Waals surface area contributed by atoms with E-state index >= 15 is 0 Å². The van der Waals surface area contributed by atoms with Crippen LogP contribution >= 0.6 is 0 Å². The molecule has 2 nitrogen and oxygen atoms in total. The molecule has 1 rings (SSSR count). The molecule has 17 heavy (non-hydrogen) atoms. The van der Waals surface area contributed by atoms with Crippen molar-refractivity contribution in [2.24, 2.45) is 0 Å². The van der Waals surface area contributed by atoms with Gasteiger partial charge in [-0.3, -0.25) is 4.70 Å². The van der Waals surface area contributed by atoms with Gasteiger partial charge in [-0.2, -0.15) is 0 Å². The van der Waals surface area contributed by atoms with Crippen molar-refractivity contribution < 1.29 is 4.70 Å². The maximum Gasteiger partial charge on any atom is 0.0519 e. The van der Waals surface area contributed by atoms with Gasteiger partial charge >= 0.3 is 0 Å². The van der Waals surface area contributed by atoms with Crippen LogP contribution in [0.25, 0.3) is 0 Å². The number of anilines is 1. The first-order valence-electron chi connectivity index (χ1n) is 6.34. The molecule has 1 N–H and O–H groups in total. The summed E-state index contributed by atoms with van der Waals surface area (Å²) in [6.07, 6.45) is 5.11. The number of hydrazine groups is 1. The number of unbranched alkanes of at least 4 members (excludes halogenated alkanes) is 2. The van der Waals surface area contributed by atoms with Crippen LogP contribution in [0.2, 0.25) is 0 Å². The number of halogens is 1. The minimum Gasteiger partial charge on any atom is -0.312 e. The van der Waals surface area contributed by atoms with Crippen molar-refractivity contribution in [3.63, 3.8) is 0 Å². The summed E-state index contributed by atoms with van der Waals surface area (Å²) in [6.45, 7) is 5.31. The highest BCUT2D eigenvalue weighted by Gasteiger charge is 2.00. The maximum absolute atomic E-state index is 3.29. The van der Waals surface area contributed by atoms with Crippen LogP contribution in [0.1, 0.15) is 38.7 Å². The normalized spacial score (nSPS) is 9.82. The van der Waals surface area contributed by atoms with Crippen molar-refractivity contribution in [3.05, 3.63) is 29.8 Å². The van der Waals surface area contributed by atoms with Gasteiger partial charge in [0.05, 0.1) is 5.69 Å². The molecule has 0 amide bonds. The highest BCUT2D eigenvalue weighted by molar-refractivity contribution is 5.46. The summed E-state index contributed by atoms with van der Waals surface area (Å²) in [5, 5.41) is 2.09. The SMILES string of the molecule is CCCCCc1cccc(N(C)NCC)c1.F. The van der Waals surface area contributed by atoms with Crippen LogP contribution in [0.5, 0.6) is 0 Å². The predicted molar refractivity (Wildman–Crippen MR) is 74.3 cm³/mol. The van der Waals surface area contributed by atoms with E-state index in [4.69, 9.17) is 0 Å². The van der Waals surface area contributed by atoms with Crippen LogP contribution in [0.15, 0.2) is 24.3 Å². The fourth-order valence-corrected chi connectivity index (χ4v) is 1.83. The zero-order chi connectivity index (χ0) is 11.8. The number of nitrogens with one attached hydrogen (secondary N) is 1. The molecule has 0 atom stereocenters. The van der Waals surface area contributed by atoms with E-state index in [0.29, 0.717) is 0 Å². The van der Waals surface area contributed by atoms with Crippen LogP contribution in [-0.4, -0.2) is 13.6 Å². The van der Waals surface area contributed by atoms with Gasteiger partial charge < -0.3 is 5.01 Å². The van der Waals surface area contributed by atoms with Gasteiger partial charge in [-0.05, 0) is 30.5 Å². The largest absolute Gasteiger partial charge is 0.312 e. The molecule has 0 radical (unpaired) electrons. The molecule has 3 heteroatoms. The second kappa shape index (κ2) is 8.99. The number of hydrogen-bond acceptors (Lipinski definition) is 2. The number of rotatable bonds is 7. The molecule has 0 bridgehead atoms. The third kappa shape index (κ3) is 5.68. The summed E-state index contributed by atoms with van der Waals surface area (Å²) in [6, 6.07) is 8.79.